The van der Waals surface area contributed by atoms with Crippen molar-refractivity contribution in [2.75, 3.05) is 0 Å². The van der Waals surface area contributed by atoms with Crippen LogP contribution < -0.4 is 5.32 Å². The Hall–Kier alpha value is -3.08. The maximum Gasteiger partial charge on any atom is 0.335 e. The standard InChI is InChI=1S/C25H31NO4/c1-24(2,3)19-13-17(14-20(22(19)28)25(4,5)6)9-12-21(27)26-15-16-7-10-18(11-8-16)23(29)30/h7-14,28H,15H2,1-6H3,(H,26,27)(H,29,30)/b12-9+. The van der Waals surface area contributed by atoms with Gasteiger partial charge in [-0.25, -0.2) is 4.79 Å². The van der Waals surface area contributed by atoms with Gasteiger partial charge in [-0.15, -0.1) is 0 Å². The maximum absolute atomic E-state index is 12.3. The molecule has 0 bridgehead atoms. The Kier molecular flexibility index (Phi) is 6.76. The fourth-order valence-corrected chi connectivity index (χ4v) is 3.08. The highest BCUT2D eigenvalue weighted by molar-refractivity contribution is 5.92. The molecule has 0 unspecified atom stereocenters. The van der Waals surface area contributed by atoms with Gasteiger partial charge in [0.05, 0.1) is 5.56 Å². The number of rotatable bonds is 5. The Balaban J connectivity index is 2.18. The molecule has 0 aliphatic heterocycles. The molecular weight excluding hydrogens is 378 g/mol. The molecule has 0 fully saturated rings. The second-order valence-corrected chi connectivity index (χ2v) is 9.52. The molecule has 5 heteroatoms. The molecule has 0 aliphatic carbocycles. The minimum atomic E-state index is -0.980. The van der Waals surface area contributed by atoms with Crippen LogP contribution in [0.3, 0.4) is 0 Å². The van der Waals surface area contributed by atoms with E-state index in [0.29, 0.717) is 12.3 Å². The van der Waals surface area contributed by atoms with Gasteiger partial charge in [-0.05, 0) is 52.3 Å². The van der Waals surface area contributed by atoms with Crippen LogP contribution in [0.15, 0.2) is 42.5 Å². The lowest BCUT2D eigenvalue weighted by Gasteiger charge is -2.27. The van der Waals surface area contributed by atoms with E-state index in [9.17, 15) is 14.7 Å². The van der Waals surface area contributed by atoms with Gasteiger partial charge in [0.1, 0.15) is 5.75 Å². The zero-order valence-corrected chi connectivity index (χ0v) is 18.5. The topological polar surface area (TPSA) is 86.6 Å². The van der Waals surface area contributed by atoms with E-state index >= 15 is 0 Å². The summed E-state index contributed by atoms with van der Waals surface area (Å²) < 4.78 is 0. The van der Waals surface area contributed by atoms with Crippen molar-refractivity contribution in [2.24, 2.45) is 0 Å². The molecule has 30 heavy (non-hydrogen) atoms. The summed E-state index contributed by atoms with van der Waals surface area (Å²) in [5.74, 6) is -0.923. The predicted molar refractivity (Wildman–Crippen MR) is 120 cm³/mol. The number of phenols is 1. The normalized spacial score (nSPS) is 12.2. The summed E-state index contributed by atoms with van der Waals surface area (Å²) >= 11 is 0. The Morgan fingerprint density at radius 2 is 1.43 bits per heavy atom. The van der Waals surface area contributed by atoms with E-state index in [-0.39, 0.29) is 22.3 Å². The van der Waals surface area contributed by atoms with Gasteiger partial charge >= 0.3 is 5.97 Å². The smallest absolute Gasteiger partial charge is 0.335 e. The van der Waals surface area contributed by atoms with Gasteiger partial charge in [-0.3, -0.25) is 4.79 Å². The minimum absolute atomic E-state index is 0.210. The molecule has 3 N–H and O–H groups in total. The first-order chi connectivity index (χ1) is 13.8. The van der Waals surface area contributed by atoms with Crippen molar-refractivity contribution in [1.82, 2.24) is 5.32 Å². The fraction of sp³-hybridized carbons (Fsp3) is 0.360. The molecule has 0 spiro atoms. The summed E-state index contributed by atoms with van der Waals surface area (Å²) in [6, 6.07) is 10.2. The lowest BCUT2D eigenvalue weighted by Crippen LogP contribution is -2.20. The number of amides is 1. The van der Waals surface area contributed by atoms with E-state index in [1.165, 1.54) is 18.2 Å². The van der Waals surface area contributed by atoms with Gasteiger partial charge in [0, 0.05) is 23.7 Å². The third-order valence-electron chi connectivity index (χ3n) is 4.84. The van der Waals surface area contributed by atoms with Gasteiger partial charge < -0.3 is 15.5 Å². The first kappa shape index (κ1) is 23.2. The molecule has 2 aromatic rings. The van der Waals surface area contributed by atoms with Crippen molar-refractivity contribution in [1.29, 1.82) is 0 Å². The molecule has 0 radical (unpaired) electrons. The van der Waals surface area contributed by atoms with Crippen LogP contribution in [0.1, 0.15) is 74.2 Å². The molecule has 0 saturated carbocycles. The lowest BCUT2D eigenvalue weighted by atomic mass is 9.78. The van der Waals surface area contributed by atoms with Crippen LogP contribution in [0.4, 0.5) is 0 Å². The number of hydrogen-bond acceptors (Lipinski definition) is 3. The zero-order valence-electron chi connectivity index (χ0n) is 18.5. The van der Waals surface area contributed by atoms with Crippen LogP contribution >= 0.6 is 0 Å². The highest BCUT2D eigenvalue weighted by Gasteiger charge is 2.26. The molecule has 160 valence electrons. The van der Waals surface area contributed by atoms with Crippen molar-refractivity contribution in [3.63, 3.8) is 0 Å². The monoisotopic (exact) mass is 409 g/mol. The van der Waals surface area contributed by atoms with Crippen LogP contribution in [0.25, 0.3) is 6.08 Å². The number of phenolic OH excluding ortho intramolecular Hbond substituents is 1. The lowest BCUT2D eigenvalue weighted by molar-refractivity contribution is -0.116. The molecule has 2 aromatic carbocycles. The maximum atomic E-state index is 12.3. The number of nitrogens with one attached hydrogen (secondary N) is 1. The highest BCUT2D eigenvalue weighted by atomic mass is 16.4. The number of carboxylic acid groups (broad SMARTS) is 1. The molecule has 0 aromatic heterocycles. The Morgan fingerprint density at radius 1 is 0.933 bits per heavy atom. The van der Waals surface area contributed by atoms with Crippen molar-refractivity contribution in [3.8, 4) is 5.75 Å². The second kappa shape index (κ2) is 8.74. The molecular formula is C25H31NO4. The summed E-state index contributed by atoms with van der Waals surface area (Å²) in [5, 5.41) is 22.5. The van der Waals surface area contributed by atoms with Gasteiger partial charge in [0.25, 0.3) is 0 Å². The average molecular weight is 410 g/mol. The van der Waals surface area contributed by atoms with Crippen molar-refractivity contribution < 1.29 is 19.8 Å². The van der Waals surface area contributed by atoms with Gasteiger partial charge in [-0.1, -0.05) is 53.7 Å². The van der Waals surface area contributed by atoms with Crippen LogP contribution in [0, 0.1) is 0 Å². The number of hydrogen-bond donors (Lipinski definition) is 3. The molecule has 1 amide bonds. The Labute approximate surface area is 178 Å². The molecule has 0 saturated heterocycles. The molecule has 0 heterocycles. The molecule has 0 aliphatic rings. The van der Waals surface area contributed by atoms with Crippen molar-refractivity contribution in [3.05, 3.63) is 70.3 Å². The number of carbonyl (C=O) groups excluding carboxylic acids is 1. The third kappa shape index (κ3) is 5.96. The predicted octanol–water partition coefficient (Wildman–Crippen LogP) is 5.02. The van der Waals surface area contributed by atoms with Crippen LogP contribution in [0.2, 0.25) is 0 Å². The molecule has 2 rings (SSSR count). The third-order valence-corrected chi connectivity index (χ3v) is 4.84. The van der Waals surface area contributed by atoms with Crippen molar-refractivity contribution >= 4 is 18.0 Å². The van der Waals surface area contributed by atoms with E-state index < -0.39 is 5.97 Å². The first-order valence-electron chi connectivity index (χ1n) is 9.95. The van der Waals surface area contributed by atoms with E-state index in [1.807, 2.05) is 53.7 Å². The molecule has 5 nitrogen and oxygen atoms in total. The summed E-state index contributed by atoms with van der Waals surface area (Å²) in [5.41, 5.74) is 3.08. The summed E-state index contributed by atoms with van der Waals surface area (Å²) in [7, 11) is 0. The highest BCUT2D eigenvalue weighted by Crippen LogP contribution is 2.39. The van der Waals surface area contributed by atoms with Crippen LogP contribution in [0.5, 0.6) is 5.75 Å². The quantitative estimate of drug-likeness (QED) is 0.606. The first-order valence-corrected chi connectivity index (χ1v) is 9.95. The van der Waals surface area contributed by atoms with Crippen LogP contribution in [-0.4, -0.2) is 22.1 Å². The van der Waals surface area contributed by atoms with Crippen molar-refractivity contribution in [2.45, 2.75) is 58.9 Å². The second-order valence-electron chi connectivity index (χ2n) is 9.52. The molecule has 0 atom stereocenters. The minimum Gasteiger partial charge on any atom is -0.507 e. The zero-order chi connectivity index (χ0) is 22.7. The summed E-state index contributed by atoms with van der Waals surface area (Å²) in [6.07, 6.45) is 3.21. The summed E-state index contributed by atoms with van der Waals surface area (Å²) in [4.78, 5) is 23.2. The Bertz CT molecular complexity index is 923. The van der Waals surface area contributed by atoms with Gasteiger partial charge in [0.15, 0.2) is 0 Å². The van der Waals surface area contributed by atoms with Gasteiger partial charge in [0.2, 0.25) is 5.91 Å². The van der Waals surface area contributed by atoms with E-state index in [4.69, 9.17) is 5.11 Å². The largest absolute Gasteiger partial charge is 0.507 e. The number of carbonyl (C=O) groups is 2. The average Bonchev–Trinajstić information content (AvgIpc) is 2.63. The fourth-order valence-electron chi connectivity index (χ4n) is 3.08. The summed E-state index contributed by atoms with van der Waals surface area (Å²) in [6.45, 7) is 12.6. The van der Waals surface area contributed by atoms with Crippen LogP contribution in [-0.2, 0) is 22.2 Å². The van der Waals surface area contributed by atoms with E-state index in [2.05, 4.69) is 5.32 Å². The number of aromatic hydroxyl groups is 1. The number of carboxylic acids is 1. The Morgan fingerprint density at radius 3 is 1.87 bits per heavy atom. The van der Waals surface area contributed by atoms with Gasteiger partial charge in [-0.2, -0.15) is 0 Å². The SMILES string of the molecule is CC(C)(C)c1cc(/C=C/C(=O)NCc2ccc(C(=O)O)cc2)cc(C(C)(C)C)c1O. The van der Waals surface area contributed by atoms with E-state index in [0.717, 1.165) is 22.3 Å². The number of aromatic carboxylic acids is 1. The number of benzene rings is 2. The van der Waals surface area contributed by atoms with E-state index in [1.54, 1.807) is 18.2 Å².